The van der Waals surface area contributed by atoms with Crippen molar-refractivity contribution in [2.75, 3.05) is 39.3 Å². The van der Waals surface area contributed by atoms with Gasteiger partial charge in [-0.3, -0.25) is 14.6 Å². The van der Waals surface area contributed by atoms with E-state index in [-0.39, 0.29) is 12.5 Å². The largest absolute Gasteiger partial charge is 0.491 e. The van der Waals surface area contributed by atoms with Gasteiger partial charge in [0.25, 0.3) is 0 Å². The molecule has 2 aromatic carbocycles. The summed E-state index contributed by atoms with van der Waals surface area (Å²) in [5.41, 5.74) is 3.80. The van der Waals surface area contributed by atoms with Gasteiger partial charge in [0.2, 0.25) is 5.91 Å². The number of rotatable bonds is 7. The van der Waals surface area contributed by atoms with Crippen molar-refractivity contribution in [3.05, 3.63) is 65.2 Å². The Morgan fingerprint density at radius 2 is 1.79 bits per heavy atom. The third-order valence-electron chi connectivity index (χ3n) is 5.59. The number of aliphatic hydroxyl groups is 1. The zero-order valence-electron chi connectivity index (χ0n) is 16.7. The van der Waals surface area contributed by atoms with Crippen LogP contribution in [0, 0.1) is 0 Å². The number of aliphatic hydroxyl groups excluding tert-OH is 1. The number of carbonyl (C=O) groups excluding carboxylic acids is 1. The predicted octanol–water partition coefficient (Wildman–Crippen LogP) is 1.42. The van der Waals surface area contributed by atoms with Crippen LogP contribution in [0.25, 0.3) is 0 Å². The highest BCUT2D eigenvalue weighted by Gasteiger charge is 2.20. The number of hydrogen-bond donors (Lipinski definition) is 2. The molecule has 2 aromatic rings. The van der Waals surface area contributed by atoms with Gasteiger partial charge in [-0.25, -0.2) is 0 Å². The minimum atomic E-state index is -0.547. The quantitative estimate of drug-likeness (QED) is 0.742. The first-order chi connectivity index (χ1) is 14.2. The fourth-order valence-electron chi connectivity index (χ4n) is 4.09. The van der Waals surface area contributed by atoms with Crippen LogP contribution in [0.15, 0.2) is 48.5 Å². The molecule has 2 aliphatic rings. The van der Waals surface area contributed by atoms with Gasteiger partial charge in [-0.2, -0.15) is 0 Å². The summed E-state index contributed by atoms with van der Waals surface area (Å²) in [6, 6.07) is 16.4. The Morgan fingerprint density at radius 3 is 2.66 bits per heavy atom. The highest BCUT2D eigenvalue weighted by Crippen LogP contribution is 2.21. The summed E-state index contributed by atoms with van der Waals surface area (Å²) in [5.74, 6) is 0.842. The average Bonchev–Trinajstić information content (AvgIpc) is 2.73. The van der Waals surface area contributed by atoms with Gasteiger partial charge in [-0.05, 0) is 23.6 Å². The number of piperazine rings is 1. The molecular formula is C23H29N3O3. The van der Waals surface area contributed by atoms with Crippen molar-refractivity contribution < 1.29 is 14.6 Å². The van der Waals surface area contributed by atoms with E-state index in [9.17, 15) is 9.90 Å². The molecular weight excluding hydrogens is 366 g/mol. The lowest BCUT2D eigenvalue weighted by Gasteiger charge is -2.30. The van der Waals surface area contributed by atoms with Crippen LogP contribution in [-0.2, 0) is 24.3 Å². The van der Waals surface area contributed by atoms with Crippen LogP contribution in [0.4, 0.5) is 0 Å². The molecule has 1 saturated heterocycles. The van der Waals surface area contributed by atoms with Crippen molar-refractivity contribution in [3.8, 4) is 5.75 Å². The van der Waals surface area contributed by atoms with Crippen molar-refractivity contribution in [1.82, 2.24) is 15.1 Å². The van der Waals surface area contributed by atoms with E-state index in [0.29, 0.717) is 26.2 Å². The summed E-state index contributed by atoms with van der Waals surface area (Å²) in [6.07, 6.45) is 0.477. The lowest BCUT2D eigenvalue weighted by molar-refractivity contribution is -0.124. The first-order valence-corrected chi connectivity index (χ1v) is 10.3. The molecule has 0 saturated carbocycles. The van der Waals surface area contributed by atoms with Gasteiger partial charge in [0.15, 0.2) is 0 Å². The van der Waals surface area contributed by atoms with E-state index in [0.717, 1.165) is 37.4 Å². The summed E-state index contributed by atoms with van der Waals surface area (Å²) in [4.78, 5) is 16.0. The maximum atomic E-state index is 11.6. The summed E-state index contributed by atoms with van der Waals surface area (Å²) in [7, 11) is 0. The first kappa shape index (κ1) is 19.9. The van der Waals surface area contributed by atoms with E-state index in [2.05, 4.69) is 39.4 Å². The van der Waals surface area contributed by atoms with E-state index in [4.69, 9.17) is 4.74 Å². The number of nitrogens with one attached hydrogen (secondary N) is 1. The lowest BCUT2D eigenvalue weighted by atomic mass is 10.00. The van der Waals surface area contributed by atoms with Crippen LogP contribution in [0.5, 0.6) is 5.75 Å². The van der Waals surface area contributed by atoms with Crippen molar-refractivity contribution in [2.45, 2.75) is 25.6 Å². The molecule has 29 heavy (non-hydrogen) atoms. The lowest BCUT2D eigenvalue weighted by Crippen LogP contribution is -2.47. The second-order valence-corrected chi connectivity index (χ2v) is 7.89. The molecule has 4 rings (SSSR count). The number of amides is 1. The van der Waals surface area contributed by atoms with Crippen molar-refractivity contribution in [2.24, 2.45) is 0 Å². The molecule has 1 amide bonds. The minimum absolute atomic E-state index is 0.0631. The zero-order valence-corrected chi connectivity index (χ0v) is 16.7. The maximum absolute atomic E-state index is 11.6. The fraction of sp³-hybridized carbons (Fsp3) is 0.435. The maximum Gasteiger partial charge on any atom is 0.234 e. The summed E-state index contributed by atoms with van der Waals surface area (Å²) < 4.78 is 5.97. The average molecular weight is 396 g/mol. The van der Waals surface area contributed by atoms with Crippen molar-refractivity contribution in [3.63, 3.8) is 0 Å². The molecule has 6 heteroatoms. The van der Waals surface area contributed by atoms with E-state index in [1.807, 2.05) is 24.3 Å². The van der Waals surface area contributed by atoms with Crippen LogP contribution in [0.3, 0.4) is 0 Å². The Bertz CT molecular complexity index is 842. The van der Waals surface area contributed by atoms with Crippen LogP contribution >= 0.6 is 0 Å². The van der Waals surface area contributed by atoms with Crippen LogP contribution in [0.2, 0.25) is 0 Å². The molecule has 0 aromatic heterocycles. The summed E-state index contributed by atoms with van der Waals surface area (Å²) >= 11 is 0. The smallest absolute Gasteiger partial charge is 0.234 e. The Kier molecular flexibility index (Phi) is 6.44. The number of β-amino-alcohol motifs (C(OH)–C–C–N with tert-alkyl or cyclic N) is 1. The Balaban J connectivity index is 1.29. The molecule has 2 aliphatic heterocycles. The van der Waals surface area contributed by atoms with E-state index in [1.54, 1.807) is 0 Å². The third-order valence-corrected chi connectivity index (χ3v) is 5.59. The van der Waals surface area contributed by atoms with E-state index < -0.39 is 6.10 Å². The Hall–Kier alpha value is -2.41. The highest BCUT2D eigenvalue weighted by molar-refractivity contribution is 5.78. The van der Waals surface area contributed by atoms with Crippen LogP contribution < -0.4 is 10.1 Å². The predicted molar refractivity (Wildman–Crippen MR) is 112 cm³/mol. The number of para-hydroxylation sites is 1. The standard InChI is InChI=1S/C23H29N3O3/c27-21(15-25-11-9-18-5-1-2-6-19(18)13-25)17-29-22-8-4-3-7-20(22)14-26-12-10-24-23(28)16-26/h1-8,21,27H,9-17H2,(H,24,28). The molecule has 1 fully saturated rings. The Labute approximate surface area is 172 Å². The molecule has 0 bridgehead atoms. The van der Waals surface area contributed by atoms with Crippen molar-refractivity contribution in [1.29, 1.82) is 0 Å². The second kappa shape index (κ2) is 9.39. The van der Waals surface area contributed by atoms with E-state index in [1.165, 1.54) is 11.1 Å². The van der Waals surface area contributed by atoms with Gasteiger partial charge in [0, 0.05) is 44.8 Å². The monoisotopic (exact) mass is 395 g/mol. The van der Waals surface area contributed by atoms with Gasteiger partial charge >= 0.3 is 0 Å². The number of fused-ring (bicyclic) bond motifs is 1. The van der Waals surface area contributed by atoms with Crippen molar-refractivity contribution >= 4 is 5.91 Å². The third kappa shape index (κ3) is 5.35. The van der Waals surface area contributed by atoms with Gasteiger partial charge in [-0.1, -0.05) is 42.5 Å². The normalized spacial score (nSPS) is 18.7. The van der Waals surface area contributed by atoms with Crippen LogP contribution in [-0.4, -0.2) is 66.2 Å². The van der Waals surface area contributed by atoms with Gasteiger partial charge in [0.1, 0.15) is 18.5 Å². The molecule has 1 atom stereocenters. The number of nitrogens with zero attached hydrogens (tertiary/aromatic N) is 2. The van der Waals surface area contributed by atoms with E-state index >= 15 is 0 Å². The molecule has 6 nitrogen and oxygen atoms in total. The minimum Gasteiger partial charge on any atom is -0.491 e. The van der Waals surface area contributed by atoms with Crippen LogP contribution in [0.1, 0.15) is 16.7 Å². The summed E-state index contributed by atoms with van der Waals surface area (Å²) in [6.45, 7) is 5.29. The Morgan fingerprint density at radius 1 is 1.00 bits per heavy atom. The van der Waals surface area contributed by atoms with Gasteiger partial charge < -0.3 is 15.2 Å². The van der Waals surface area contributed by atoms with Gasteiger partial charge in [-0.15, -0.1) is 0 Å². The number of ether oxygens (including phenoxy) is 1. The first-order valence-electron chi connectivity index (χ1n) is 10.3. The number of carbonyl (C=O) groups is 1. The molecule has 2 heterocycles. The fourth-order valence-corrected chi connectivity index (χ4v) is 4.09. The SMILES string of the molecule is O=C1CN(Cc2ccccc2OCC(O)CN2CCc3ccccc3C2)CCN1. The zero-order chi connectivity index (χ0) is 20.1. The molecule has 2 N–H and O–H groups in total. The summed E-state index contributed by atoms with van der Waals surface area (Å²) in [5, 5.41) is 13.4. The topological polar surface area (TPSA) is 65.0 Å². The molecule has 154 valence electrons. The number of hydrogen-bond acceptors (Lipinski definition) is 5. The number of benzene rings is 2. The molecule has 0 radical (unpaired) electrons. The molecule has 0 spiro atoms. The highest BCUT2D eigenvalue weighted by atomic mass is 16.5. The van der Waals surface area contributed by atoms with Gasteiger partial charge in [0.05, 0.1) is 6.54 Å². The second-order valence-electron chi connectivity index (χ2n) is 7.89. The molecule has 1 unspecified atom stereocenters. The molecule has 0 aliphatic carbocycles.